The molecule has 0 N–H and O–H groups in total. The number of methoxy groups -OCH3 is 1. The van der Waals surface area contributed by atoms with Crippen molar-refractivity contribution >= 4 is 16.8 Å². The van der Waals surface area contributed by atoms with Crippen molar-refractivity contribution in [3.05, 3.63) is 77.4 Å². The zero-order valence-electron chi connectivity index (χ0n) is 12.9. The molecule has 3 aromatic carbocycles. The van der Waals surface area contributed by atoms with Crippen LogP contribution < -0.4 is 9.47 Å². The second-order valence-corrected chi connectivity index (χ2v) is 5.63. The highest BCUT2D eigenvalue weighted by Gasteiger charge is 2.21. The molecule has 4 heteroatoms. The molecule has 120 valence electrons. The Kier molecular flexibility index (Phi) is 3.45. The third-order valence-electron chi connectivity index (χ3n) is 4.19. The molecule has 1 atom stereocenters. The second kappa shape index (κ2) is 5.64. The van der Waals surface area contributed by atoms with Gasteiger partial charge in [-0.25, -0.2) is 8.78 Å². The van der Waals surface area contributed by atoms with Crippen LogP contribution in [0.2, 0.25) is 0 Å². The minimum atomic E-state index is -0.656. The van der Waals surface area contributed by atoms with Crippen LogP contribution in [0.1, 0.15) is 17.2 Å². The average molecular weight is 324 g/mol. The molecule has 0 spiro atoms. The van der Waals surface area contributed by atoms with Crippen molar-refractivity contribution in [3.63, 3.8) is 0 Å². The van der Waals surface area contributed by atoms with E-state index >= 15 is 0 Å². The Morgan fingerprint density at radius 2 is 1.83 bits per heavy atom. The summed E-state index contributed by atoms with van der Waals surface area (Å²) in [7, 11) is 1.62. The van der Waals surface area contributed by atoms with Crippen LogP contribution in [0, 0.1) is 11.6 Å². The highest BCUT2D eigenvalue weighted by Crippen LogP contribution is 2.38. The van der Waals surface area contributed by atoms with Crippen LogP contribution in [0.5, 0.6) is 11.5 Å². The Morgan fingerprint density at radius 1 is 1.00 bits per heavy atom. The molecule has 0 saturated heterocycles. The van der Waals surface area contributed by atoms with E-state index in [0.717, 1.165) is 34.2 Å². The number of hydrogen-bond acceptors (Lipinski definition) is 2. The van der Waals surface area contributed by atoms with Gasteiger partial charge in [0.05, 0.1) is 7.11 Å². The maximum Gasteiger partial charge on any atom is 0.145 e. The van der Waals surface area contributed by atoms with E-state index in [2.05, 4.69) is 0 Å². The third kappa shape index (κ3) is 2.40. The van der Waals surface area contributed by atoms with E-state index in [1.54, 1.807) is 13.2 Å². The van der Waals surface area contributed by atoms with Crippen molar-refractivity contribution in [1.29, 1.82) is 0 Å². The van der Waals surface area contributed by atoms with Crippen LogP contribution in [0.4, 0.5) is 8.78 Å². The molecule has 0 fully saturated rings. The van der Waals surface area contributed by atoms with E-state index in [1.807, 2.05) is 36.4 Å². The van der Waals surface area contributed by atoms with Gasteiger partial charge < -0.3 is 9.47 Å². The molecule has 0 bridgehead atoms. The molecule has 1 aliphatic rings. The van der Waals surface area contributed by atoms with Crippen LogP contribution in [0.25, 0.3) is 16.8 Å². The molecule has 0 aromatic heterocycles. The van der Waals surface area contributed by atoms with E-state index in [1.165, 1.54) is 6.07 Å². The summed E-state index contributed by atoms with van der Waals surface area (Å²) in [6, 6.07) is 13.0. The normalized spacial score (nSPS) is 15.9. The highest BCUT2D eigenvalue weighted by molar-refractivity contribution is 5.94. The van der Waals surface area contributed by atoms with Gasteiger partial charge in [0.2, 0.25) is 0 Å². The topological polar surface area (TPSA) is 18.5 Å². The van der Waals surface area contributed by atoms with Crippen molar-refractivity contribution in [1.82, 2.24) is 0 Å². The van der Waals surface area contributed by atoms with Crippen LogP contribution in [-0.2, 0) is 0 Å². The average Bonchev–Trinajstić information content (AvgIpc) is 2.62. The molecule has 1 unspecified atom stereocenters. The lowest BCUT2D eigenvalue weighted by atomic mass is 9.98. The molecule has 1 aliphatic heterocycles. The number of rotatable bonds is 2. The van der Waals surface area contributed by atoms with Gasteiger partial charge in [-0.1, -0.05) is 18.2 Å². The Morgan fingerprint density at radius 3 is 2.67 bits per heavy atom. The van der Waals surface area contributed by atoms with Gasteiger partial charge in [-0.2, -0.15) is 0 Å². The van der Waals surface area contributed by atoms with Gasteiger partial charge in [-0.15, -0.1) is 0 Å². The molecule has 0 saturated carbocycles. The summed E-state index contributed by atoms with van der Waals surface area (Å²) in [6.45, 7) is 0. The van der Waals surface area contributed by atoms with Gasteiger partial charge in [0.15, 0.2) is 0 Å². The van der Waals surface area contributed by atoms with Crippen LogP contribution in [0.15, 0.2) is 54.6 Å². The first-order valence-corrected chi connectivity index (χ1v) is 7.56. The van der Waals surface area contributed by atoms with Crippen LogP contribution in [-0.4, -0.2) is 7.11 Å². The summed E-state index contributed by atoms with van der Waals surface area (Å²) >= 11 is 0. The summed E-state index contributed by atoms with van der Waals surface area (Å²) in [5.74, 6) is 0.406. The summed E-state index contributed by atoms with van der Waals surface area (Å²) in [6.07, 6.45) is 2.96. The number of hydrogen-bond donors (Lipinski definition) is 0. The Hall–Kier alpha value is -2.88. The van der Waals surface area contributed by atoms with Crippen molar-refractivity contribution in [2.45, 2.75) is 6.10 Å². The fourth-order valence-electron chi connectivity index (χ4n) is 2.96. The first-order chi connectivity index (χ1) is 11.7. The Balaban J connectivity index is 1.80. The maximum atomic E-state index is 14.0. The maximum absolute atomic E-state index is 14.0. The first kappa shape index (κ1) is 14.7. The molecular weight excluding hydrogens is 310 g/mol. The van der Waals surface area contributed by atoms with E-state index in [-0.39, 0.29) is 5.56 Å². The molecule has 0 radical (unpaired) electrons. The smallest absolute Gasteiger partial charge is 0.145 e. The Bertz CT molecular complexity index is 963. The number of benzene rings is 3. The molecule has 4 rings (SSSR count). The zero-order chi connectivity index (χ0) is 16.7. The predicted molar refractivity (Wildman–Crippen MR) is 89.3 cm³/mol. The Labute approximate surface area is 137 Å². The van der Waals surface area contributed by atoms with E-state index in [9.17, 15) is 8.78 Å². The molecule has 24 heavy (non-hydrogen) atoms. The highest BCUT2D eigenvalue weighted by atomic mass is 19.1. The van der Waals surface area contributed by atoms with Crippen LogP contribution in [0.3, 0.4) is 0 Å². The molecule has 0 amide bonds. The van der Waals surface area contributed by atoms with Gasteiger partial charge in [-0.3, -0.25) is 0 Å². The minimum Gasteiger partial charge on any atom is -0.497 e. The second-order valence-electron chi connectivity index (χ2n) is 5.63. The monoisotopic (exact) mass is 324 g/mol. The standard InChI is InChI=1S/C20H14F2O2/c1-23-14-5-2-12-3-8-19-15(16(12)11-14)6-9-20(24-19)17-10-13(21)4-7-18(17)22/h2-11,20H,1H3. The molecule has 3 aromatic rings. The fourth-order valence-corrected chi connectivity index (χ4v) is 2.96. The molecule has 0 aliphatic carbocycles. The molecule has 1 heterocycles. The van der Waals surface area contributed by atoms with Crippen molar-refractivity contribution < 1.29 is 18.3 Å². The van der Waals surface area contributed by atoms with Gasteiger partial charge in [0.25, 0.3) is 0 Å². The molecular formula is C20H14F2O2. The number of fused-ring (bicyclic) bond motifs is 3. The van der Waals surface area contributed by atoms with E-state index in [0.29, 0.717) is 5.75 Å². The fraction of sp³-hybridized carbons (Fsp3) is 0.100. The van der Waals surface area contributed by atoms with Gasteiger partial charge in [0.1, 0.15) is 29.2 Å². The zero-order valence-corrected chi connectivity index (χ0v) is 12.9. The van der Waals surface area contributed by atoms with Crippen LogP contribution >= 0.6 is 0 Å². The van der Waals surface area contributed by atoms with Gasteiger partial charge in [-0.05, 0) is 53.2 Å². The van der Waals surface area contributed by atoms with Crippen molar-refractivity contribution in [3.8, 4) is 11.5 Å². The SMILES string of the molecule is COc1ccc2ccc3c(c2c1)C=CC(c1cc(F)ccc1F)O3. The van der Waals surface area contributed by atoms with Gasteiger partial charge >= 0.3 is 0 Å². The molecule has 2 nitrogen and oxygen atoms in total. The largest absolute Gasteiger partial charge is 0.497 e. The first-order valence-electron chi connectivity index (χ1n) is 7.56. The lowest BCUT2D eigenvalue weighted by Crippen LogP contribution is -2.11. The lowest BCUT2D eigenvalue weighted by molar-refractivity contribution is 0.246. The summed E-state index contributed by atoms with van der Waals surface area (Å²) < 4.78 is 38.6. The lowest BCUT2D eigenvalue weighted by Gasteiger charge is -2.23. The number of halogens is 2. The third-order valence-corrected chi connectivity index (χ3v) is 4.19. The van der Waals surface area contributed by atoms with Gasteiger partial charge in [0, 0.05) is 11.1 Å². The quantitative estimate of drug-likeness (QED) is 0.639. The minimum absolute atomic E-state index is 0.183. The summed E-state index contributed by atoms with van der Waals surface area (Å²) in [5.41, 5.74) is 1.09. The summed E-state index contributed by atoms with van der Waals surface area (Å²) in [4.78, 5) is 0. The number of ether oxygens (including phenoxy) is 2. The van der Waals surface area contributed by atoms with Crippen molar-refractivity contribution in [2.75, 3.05) is 7.11 Å². The van der Waals surface area contributed by atoms with E-state index < -0.39 is 17.7 Å². The predicted octanol–water partition coefficient (Wildman–Crippen LogP) is 5.27. The van der Waals surface area contributed by atoms with E-state index in [4.69, 9.17) is 9.47 Å². The van der Waals surface area contributed by atoms with Crippen molar-refractivity contribution in [2.24, 2.45) is 0 Å². The summed E-state index contributed by atoms with van der Waals surface area (Å²) in [5, 5.41) is 2.04.